The molecule has 0 heterocycles. The van der Waals surface area contributed by atoms with E-state index >= 15 is 0 Å². The van der Waals surface area contributed by atoms with Gasteiger partial charge in [-0.25, -0.2) is 0 Å². The molecule has 0 aromatic rings. The van der Waals surface area contributed by atoms with Crippen LogP contribution in [0.2, 0.25) is 0 Å². The summed E-state index contributed by atoms with van der Waals surface area (Å²) in [6.07, 6.45) is 5.88. The molecule has 0 radical (unpaired) electrons. The van der Waals surface area contributed by atoms with Crippen molar-refractivity contribution in [1.82, 2.24) is 10.2 Å². The van der Waals surface area contributed by atoms with Gasteiger partial charge in [0.1, 0.15) is 0 Å². The second-order valence-electron chi connectivity index (χ2n) is 6.10. The number of rotatable bonds is 8. The third-order valence-electron chi connectivity index (χ3n) is 3.76. The minimum Gasteiger partial charge on any atom is -0.481 e. The van der Waals surface area contributed by atoms with E-state index in [1.807, 2.05) is 0 Å². The SMILES string of the molecule is CC(C)CNC(=O)CN(CCC(=O)O)C1CCCCC1. The topological polar surface area (TPSA) is 69.6 Å². The molecule has 0 aliphatic heterocycles. The van der Waals surface area contributed by atoms with Gasteiger partial charge < -0.3 is 10.4 Å². The van der Waals surface area contributed by atoms with Gasteiger partial charge in [-0.3, -0.25) is 14.5 Å². The van der Waals surface area contributed by atoms with Gasteiger partial charge in [-0.2, -0.15) is 0 Å². The van der Waals surface area contributed by atoms with Crippen LogP contribution >= 0.6 is 0 Å². The normalized spacial score (nSPS) is 16.6. The number of carbonyl (C=O) groups is 2. The molecule has 116 valence electrons. The monoisotopic (exact) mass is 284 g/mol. The molecule has 0 spiro atoms. The van der Waals surface area contributed by atoms with E-state index in [1.165, 1.54) is 19.3 Å². The van der Waals surface area contributed by atoms with Gasteiger partial charge in [0.05, 0.1) is 13.0 Å². The van der Waals surface area contributed by atoms with E-state index in [9.17, 15) is 9.59 Å². The van der Waals surface area contributed by atoms with Crippen LogP contribution in [0.5, 0.6) is 0 Å². The number of hydrogen-bond acceptors (Lipinski definition) is 3. The summed E-state index contributed by atoms with van der Waals surface area (Å²) >= 11 is 0. The number of hydrogen-bond donors (Lipinski definition) is 2. The lowest BCUT2D eigenvalue weighted by atomic mass is 9.94. The van der Waals surface area contributed by atoms with Gasteiger partial charge in [-0.05, 0) is 18.8 Å². The van der Waals surface area contributed by atoms with Crippen molar-refractivity contribution in [3.05, 3.63) is 0 Å². The Kier molecular flexibility index (Phi) is 7.59. The van der Waals surface area contributed by atoms with Crippen molar-refractivity contribution in [2.45, 2.75) is 58.4 Å². The fraction of sp³-hybridized carbons (Fsp3) is 0.867. The zero-order valence-corrected chi connectivity index (χ0v) is 12.7. The Morgan fingerprint density at radius 2 is 1.90 bits per heavy atom. The van der Waals surface area contributed by atoms with Gasteiger partial charge >= 0.3 is 5.97 Å². The molecule has 1 fully saturated rings. The van der Waals surface area contributed by atoms with Crippen LogP contribution in [0.25, 0.3) is 0 Å². The first-order valence-corrected chi connectivity index (χ1v) is 7.71. The summed E-state index contributed by atoms with van der Waals surface area (Å²) in [5.74, 6) is -0.357. The lowest BCUT2D eigenvalue weighted by Gasteiger charge is -2.33. The van der Waals surface area contributed by atoms with E-state index in [0.29, 0.717) is 31.6 Å². The maximum atomic E-state index is 11.9. The molecular weight excluding hydrogens is 256 g/mol. The van der Waals surface area contributed by atoms with Gasteiger partial charge in [-0.15, -0.1) is 0 Å². The molecule has 1 rings (SSSR count). The maximum absolute atomic E-state index is 11.9. The molecule has 1 saturated carbocycles. The number of nitrogens with one attached hydrogen (secondary N) is 1. The van der Waals surface area contributed by atoms with E-state index in [4.69, 9.17) is 5.11 Å². The Hall–Kier alpha value is -1.10. The molecule has 0 bridgehead atoms. The highest BCUT2D eigenvalue weighted by Gasteiger charge is 2.23. The minimum absolute atomic E-state index is 0.00895. The second kappa shape index (κ2) is 8.95. The first-order valence-electron chi connectivity index (χ1n) is 7.71. The fourth-order valence-electron chi connectivity index (χ4n) is 2.63. The largest absolute Gasteiger partial charge is 0.481 e. The van der Waals surface area contributed by atoms with E-state index in [2.05, 4.69) is 24.1 Å². The summed E-state index contributed by atoms with van der Waals surface area (Å²) < 4.78 is 0. The molecule has 0 unspecified atom stereocenters. The number of amides is 1. The third-order valence-corrected chi connectivity index (χ3v) is 3.76. The van der Waals surface area contributed by atoms with Gasteiger partial charge in [0.15, 0.2) is 0 Å². The van der Waals surface area contributed by atoms with Crippen LogP contribution < -0.4 is 5.32 Å². The second-order valence-corrected chi connectivity index (χ2v) is 6.10. The zero-order valence-electron chi connectivity index (χ0n) is 12.7. The van der Waals surface area contributed by atoms with Crippen molar-refractivity contribution >= 4 is 11.9 Å². The summed E-state index contributed by atoms with van der Waals surface area (Å²) in [4.78, 5) is 24.8. The highest BCUT2D eigenvalue weighted by Crippen LogP contribution is 2.22. The highest BCUT2D eigenvalue weighted by atomic mass is 16.4. The van der Waals surface area contributed by atoms with Crippen molar-refractivity contribution in [1.29, 1.82) is 0 Å². The lowest BCUT2D eigenvalue weighted by molar-refractivity contribution is -0.138. The van der Waals surface area contributed by atoms with Crippen LogP contribution in [0, 0.1) is 5.92 Å². The number of carboxylic acids is 1. The predicted molar refractivity (Wildman–Crippen MR) is 78.5 cm³/mol. The first-order chi connectivity index (χ1) is 9.49. The van der Waals surface area contributed by atoms with Gasteiger partial charge in [0.25, 0.3) is 0 Å². The Balaban J connectivity index is 2.47. The summed E-state index contributed by atoms with van der Waals surface area (Å²) in [7, 11) is 0. The number of nitrogens with zero attached hydrogens (tertiary/aromatic N) is 1. The van der Waals surface area contributed by atoms with Crippen LogP contribution in [0.1, 0.15) is 52.4 Å². The molecule has 2 N–H and O–H groups in total. The first kappa shape index (κ1) is 17.0. The molecule has 0 saturated heterocycles. The zero-order chi connectivity index (χ0) is 15.0. The van der Waals surface area contributed by atoms with Crippen molar-refractivity contribution in [3.8, 4) is 0 Å². The van der Waals surface area contributed by atoms with Gasteiger partial charge in [-0.1, -0.05) is 33.1 Å². The summed E-state index contributed by atoms with van der Waals surface area (Å²) in [5.41, 5.74) is 0. The van der Waals surface area contributed by atoms with Crippen molar-refractivity contribution in [2.75, 3.05) is 19.6 Å². The lowest BCUT2D eigenvalue weighted by Crippen LogP contribution is -2.45. The maximum Gasteiger partial charge on any atom is 0.304 e. The van der Waals surface area contributed by atoms with Crippen LogP contribution in [0.4, 0.5) is 0 Å². The van der Waals surface area contributed by atoms with Crippen molar-refractivity contribution < 1.29 is 14.7 Å². The van der Waals surface area contributed by atoms with Crippen LogP contribution in [0.15, 0.2) is 0 Å². The Morgan fingerprint density at radius 1 is 1.25 bits per heavy atom. The molecule has 0 aromatic carbocycles. The molecular formula is C15H28N2O3. The van der Waals surface area contributed by atoms with Crippen molar-refractivity contribution in [3.63, 3.8) is 0 Å². The van der Waals surface area contributed by atoms with Crippen LogP contribution in [0.3, 0.4) is 0 Å². The predicted octanol–water partition coefficient (Wildman–Crippen LogP) is 1.87. The average Bonchev–Trinajstić information content (AvgIpc) is 2.42. The van der Waals surface area contributed by atoms with Gasteiger partial charge in [0.2, 0.25) is 5.91 Å². The quantitative estimate of drug-likeness (QED) is 0.714. The van der Waals surface area contributed by atoms with E-state index in [-0.39, 0.29) is 12.3 Å². The minimum atomic E-state index is -0.798. The summed E-state index contributed by atoms with van der Waals surface area (Å²) in [6, 6.07) is 0.368. The number of carbonyl (C=O) groups excluding carboxylic acids is 1. The molecule has 1 aliphatic carbocycles. The molecule has 5 nitrogen and oxygen atoms in total. The summed E-state index contributed by atoms with van der Waals surface area (Å²) in [6.45, 7) is 5.59. The Morgan fingerprint density at radius 3 is 2.45 bits per heavy atom. The fourth-order valence-corrected chi connectivity index (χ4v) is 2.63. The molecule has 20 heavy (non-hydrogen) atoms. The molecule has 1 aliphatic rings. The van der Waals surface area contributed by atoms with Crippen molar-refractivity contribution in [2.24, 2.45) is 5.92 Å². The van der Waals surface area contributed by atoms with E-state index in [1.54, 1.807) is 0 Å². The summed E-state index contributed by atoms with van der Waals surface area (Å²) in [5, 5.41) is 11.8. The Labute approximate surface area is 121 Å². The standard InChI is InChI=1S/C15H28N2O3/c1-12(2)10-16-14(18)11-17(9-8-15(19)20)13-6-4-3-5-7-13/h12-13H,3-11H2,1-2H3,(H,16,18)(H,19,20). The molecule has 0 aromatic heterocycles. The number of aliphatic carboxylic acids is 1. The van der Waals surface area contributed by atoms with Crippen LogP contribution in [-0.4, -0.2) is 47.6 Å². The smallest absolute Gasteiger partial charge is 0.304 e. The average molecular weight is 284 g/mol. The van der Waals surface area contributed by atoms with Gasteiger partial charge in [0, 0.05) is 19.1 Å². The highest BCUT2D eigenvalue weighted by molar-refractivity contribution is 5.78. The molecule has 0 atom stereocenters. The Bertz CT molecular complexity index is 312. The molecule has 5 heteroatoms. The van der Waals surface area contributed by atoms with E-state index < -0.39 is 5.97 Å². The third kappa shape index (κ3) is 6.89. The molecule has 1 amide bonds. The number of carboxylic acid groups (broad SMARTS) is 1. The van der Waals surface area contributed by atoms with E-state index in [0.717, 1.165) is 12.8 Å². The van der Waals surface area contributed by atoms with Crippen LogP contribution in [-0.2, 0) is 9.59 Å².